The van der Waals surface area contributed by atoms with Crippen LogP contribution < -0.4 is 10.1 Å². The van der Waals surface area contributed by atoms with Crippen molar-refractivity contribution in [3.63, 3.8) is 0 Å². The van der Waals surface area contributed by atoms with E-state index in [9.17, 15) is 0 Å². The molecule has 0 bridgehead atoms. The number of nitrogens with zero attached hydrogens (tertiary/aromatic N) is 2. The molecular weight excluding hydrogens is 254 g/mol. The van der Waals surface area contributed by atoms with Crippen LogP contribution in [0.15, 0.2) is 6.33 Å². The molecule has 0 saturated carbocycles. The fourth-order valence-corrected chi connectivity index (χ4v) is 2.34. The van der Waals surface area contributed by atoms with E-state index >= 15 is 0 Å². The number of rotatable bonds is 8. The lowest BCUT2D eigenvalue weighted by molar-refractivity contribution is 0.0659. The van der Waals surface area contributed by atoms with Gasteiger partial charge >= 0.3 is 0 Å². The number of ether oxygens (including phenoxy) is 2. The molecule has 1 atom stereocenters. The van der Waals surface area contributed by atoms with E-state index in [1.807, 2.05) is 0 Å². The first-order valence-corrected chi connectivity index (χ1v) is 7.67. The average molecular weight is 279 g/mol. The Bertz CT molecular complexity index is 406. The van der Waals surface area contributed by atoms with Crippen LogP contribution in [0.4, 0.5) is 5.82 Å². The Kier molecular flexibility index (Phi) is 6.05. The molecule has 5 heteroatoms. The predicted molar refractivity (Wildman–Crippen MR) is 79.3 cm³/mol. The summed E-state index contributed by atoms with van der Waals surface area (Å²) in [5.74, 6) is 1.61. The summed E-state index contributed by atoms with van der Waals surface area (Å²) in [5.41, 5.74) is 1.08. The maximum atomic E-state index is 5.88. The van der Waals surface area contributed by atoms with Crippen LogP contribution in [0.5, 0.6) is 5.88 Å². The van der Waals surface area contributed by atoms with Gasteiger partial charge in [-0.05, 0) is 25.7 Å². The van der Waals surface area contributed by atoms with E-state index in [0.717, 1.165) is 56.6 Å². The smallest absolute Gasteiger partial charge is 0.221 e. The summed E-state index contributed by atoms with van der Waals surface area (Å²) in [6.45, 7) is 6.64. The quantitative estimate of drug-likeness (QED) is 0.793. The molecule has 1 N–H and O–H groups in total. The van der Waals surface area contributed by atoms with Gasteiger partial charge in [-0.25, -0.2) is 9.97 Å². The van der Waals surface area contributed by atoms with Crippen LogP contribution in [0.1, 0.15) is 45.1 Å². The lowest BCUT2D eigenvalue weighted by Crippen LogP contribution is -2.18. The average Bonchev–Trinajstić information content (AvgIpc) is 2.98. The second-order valence-corrected chi connectivity index (χ2v) is 5.13. The van der Waals surface area contributed by atoms with Crippen molar-refractivity contribution >= 4 is 5.82 Å². The van der Waals surface area contributed by atoms with E-state index in [2.05, 4.69) is 29.1 Å². The number of hydrogen-bond acceptors (Lipinski definition) is 5. The van der Waals surface area contributed by atoms with Gasteiger partial charge in [0.2, 0.25) is 5.88 Å². The first-order chi connectivity index (χ1) is 9.85. The fraction of sp³-hybridized carbons (Fsp3) is 0.733. The van der Waals surface area contributed by atoms with Crippen LogP contribution in [-0.2, 0) is 11.2 Å². The molecule has 112 valence electrons. The van der Waals surface area contributed by atoms with E-state index in [-0.39, 0.29) is 6.10 Å². The molecule has 1 aliphatic heterocycles. The minimum Gasteiger partial charge on any atom is -0.475 e. The van der Waals surface area contributed by atoms with E-state index in [4.69, 9.17) is 9.47 Å². The van der Waals surface area contributed by atoms with Crippen molar-refractivity contribution in [2.24, 2.45) is 0 Å². The molecule has 0 radical (unpaired) electrons. The summed E-state index contributed by atoms with van der Waals surface area (Å²) in [6, 6.07) is 0. The first-order valence-electron chi connectivity index (χ1n) is 7.67. The molecule has 1 fully saturated rings. The summed E-state index contributed by atoms with van der Waals surface area (Å²) in [4.78, 5) is 8.64. The lowest BCUT2D eigenvalue weighted by atomic mass is 10.1. The molecule has 0 spiro atoms. The van der Waals surface area contributed by atoms with Crippen LogP contribution in [0, 0.1) is 0 Å². The third-order valence-electron chi connectivity index (χ3n) is 3.38. The Morgan fingerprint density at radius 2 is 2.25 bits per heavy atom. The highest BCUT2D eigenvalue weighted by molar-refractivity contribution is 5.48. The number of hydrogen-bond donors (Lipinski definition) is 1. The Labute approximate surface area is 121 Å². The summed E-state index contributed by atoms with van der Waals surface area (Å²) in [5, 5.41) is 3.35. The fourth-order valence-electron chi connectivity index (χ4n) is 2.34. The van der Waals surface area contributed by atoms with E-state index in [1.165, 1.54) is 0 Å². The molecule has 5 nitrogen and oxygen atoms in total. The van der Waals surface area contributed by atoms with Crippen LogP contribution in [0.25, 0.3) is 0 Å². The third-order valence-corrected chi connectivity index (χ3v) is 3.38. The van der Waals surface area contributed by atoms with Gasteiger partial charge in [0.05, 0.1) is 11.7 Å². The molecule has 2 heterocycles. The molecule has 20 heavy (non-hydrogen) atoms. The second kappa shape index (κ2) is 8.04. The van der Waals surface area contributed by atoms with Gasteiger partial charge in [-0.2, -0.15) is 0 Å². The highest BCUT2D eigenvalue weighted by Crippen LogP contribution is 2.24. The third kappa shape index (κ3) is 4.07. The van der Waals surface area contributed by atoms with Crippen molar-refractivity contribution in [1.82, 2.24) is 9.97 Å². The van der Waals surface area contributed by atoms with Gasteiger partial charge in [-0.1, -0.05) is 20.3 Å². The SMILES string of the molecule is CCCNc1ncnc(OCC2CCCO2)c1CCC. The maximum Gasteiger partial charge on any atom is 0.221 e. The number of nitrogens with one attached hydrogen (secondary N) is 1. The van der Waals surface area contributed by atoms with Gasteiger partial charge in [0.1, 0.15) is 18.8 Å². The minimum atomic E-state index is 0.214. The van der Waals surface area contributed by atoms with Crippen LogP contribution in [0.2, 0.25) is 0 Å². The Balaban J connectivity index is 2.04. The van der Waals surface area contributed by atoms with Gasteiger partial charge in [-0.3, -0.25) is 0 Å². The molecular formula is C15H25N3O2. The molecule has 1 aliphatic rings. The summed E-state index contributed by atoms with van der Waals surface area (Å²) in [7, 11) is 0. The molecule has 0 amide bonds. The molecule has 1 aromatic heterocycles. The van der Waals surface area contributed by atoms with Gasteiger partial charge in [-0.15, -0.1) is 0 Å². The van der Waals surface area contributed by atoms with E-state index < -0.39 is 0 Å². The summed E-state index contributed by atoms with van der Waals surface area (Å²) >= 11 is 0. The topological polar surface area (TPSA) is 56.3 Å². The largest absolute Gasteiger partial charge is 0.475 e. The standard InChI is InChI=1S/C15H25N3O2/c1-3-6-13-14(16-8-4-2)17-11-18-15(13)20-10-12-7-5-9-19-12/h11-12H,3-10H2,1-2H3,(H,16,17,18). The Hall–Kier alpha value is -1.36. The predicted octanol–water partition coefficient (Wildman–Crippen LogP) is 2.81. The van der Waals surface area contributed by atoms with Crippen molar-refractivity contribution in [3.05, 3.63) is 11.9 Å². The zero-order valence-corrected chi connectivity index (χ0v) is 12.5. The van der Waals surface area contributed by atoms with Crippen molar-refractivity contribution in [2.45, 2.75) is 52.1 Å². The highest BCUT2D eigenvalue weighted by Gasteiger charge is 2.18. The summed E-state index contributed by atoms with van der Waals surface area (Å²) < 4.78 is 11.5. The number of anilines is 1. The van der Waals surface area contributed by atoms with Crippen molar-refractivity contribution in [2.75, 3.05) is 25.1 Å². The van der Waals surface area contributed by atoms with Crippen LogP contribution >= 0.6 is 0 Å². The minimum absolute atomic E-state index is 0.214. The van der Waals surface area contributed by atoms with Gasteiger partial charge in [0.25, 0.3) is 0 Å². The van der Waals surface area contributed by atoms with Crippen LogP contribution in [-0.4, -0.2) is 35.8 Å². The molecule has 2 rings (SSSR count). The van der Waals surface area contributed by atoms with E-state index in [1.54, 1.807) is 6.33 Å². The van der Waals surface area contributed by atoms with Crippen molar-refractivity contribution in [3.8, 4) is 5.88 Å². The monoisotopic (exact) mass is 279 g/mol. The molecule has 0 aliphatic carbocycles. The second-order valence-electron chi connectivity index (χ2n) is 5.13. The molecule has 1 unspecified atom stereocenters. The lowest BCUT2D eigenvalue weighted by Gasteiger charge is -2.16. The molecule has 1 saturated heterocycles. The maximum absolute atomic E-state index is 5.88. The molecule has 1 aromatic rings. The zero-order valence-electron chi connectivity index (χ0n) is 12.5. The van der Waals surface area contributed by atoms with Gasteiger partial charge < -0.3 is 14.8 Å². The number of aromatic nitrogens is 2. The zero-order chi connectivity index (χ0) is 14.2. The molecule has 0 aromatic carbocycles. The Morgan fingerprint density at radius 3 is 2.95 bits per heavy atom. The van der Waals surface area contributed by atoms with Crippen molar-refractivity contribution in [1.29, 1.82) is 0 Å². The summed E-state index contributed by atoms with van der Waals surface area (Å²) in [6.07, 6.45) is 7.03. The van der Waals surface area contributed by atoms with Gasteiger partial charge in [0, 0.05) is 13.2 Å². The van der Waals surface area contributed by atoms with Crippen molar-refractivity contribution < 1.29 is 9.47 Å². The first kappa shape index (κ1) is 15.0. The normalized spacial score (nSPS) is 18.2. The van der Waals surface area contributed by atoms with Gasteiger partial charge in [0.15, 0.2) is 0 Å². The Morgan fingerprint density at radius 1 is 1.35 bits per heavy atom. The van der Waals surface area contributed by atoms with E-state index in [0.29, 0.717) is 12.5 Å². The highest BCUT2D eigenvalue weighted by atomic mass is 16.5. The van der Waals surface area contributed by atoms with Crippen LogP contribution in [0.3, 0.4) is 0 Å².